The van der Waals surface area contributed by atoms with Crippen molar-refractivity contribution >= 4 is 34.5 Å². The molecule has 3 N–H and O–H groups in total. The molecule has 2 aromatic carbocycles. The van der Waals surface area contributed by atoms with Crippen molar-refractivity contribution in [3.05, 3.63) is 86.6 Å². The molecule has 134 valence electrons. The van der Waals surface area contributed by atoms with Crippen molar-refractivity contribution in [2.75, 3.05) is 11.9 Å². The third-order valence-corrected chi connectivity index (χ3v) is 5.50. The highest BCUT2D eigenvalue weighted by Crippen LogP contribution is 2.27. The average molecular weight is 386 g/mol. The number of amides is 1. The minimum Gasteiger partial charge on any atom is -0.328 e. The maximum atomic E-state index is 12.5. The summed E-state index contributed by atoms with van der Waals surface area (Å²) in [5, 5.41) is 7.66. The minimum absolute atomic E-state index is 0.0589. The molecule has 0 aliphatic heterocycles. The molecule has 0 spiro atoms. The summed E-state index contributed by atoms with van der Waals surface area (Å²) in [7, 11) is 0. The zero-order valence-corrected chi connectivity index (χ0v) is 16.4. The number of nitrogens with one attached hydrogen (secondary N) is 1. The number of nitrogens with two attached hydrogens (primary N) is 1. The number of hydrogen-bond acceptors (Lipinski definition) is 2. The molecule has 0 unspecified atom stereocenters. The average Bonchev–Trinajstić information content (AvgIpc) is 3.13. The minimum atomic E-state index is -0.0589. The van der Waals surface area contributed by atoms with Crippen LogP contribution in [-0.2, 0) is 4.79 Å². The maximum Gasteiger partial charge on any atom is 0.279 e. The van der Waals surface area contributed by atoms with E-state index < -0.39 is 0 Å². The molecule has 1 heterocycles. The monoisotopic (exact) mass is 385 g/mol. The van der Waals surface area contributed by atoms with Crippen LogP contribution < -0.4 is 10.6 Å². The van der Waals surface area contributed by atoms with Crippen LogP contribution in [0.1, 0.15) is 27.6 Å². The molecule has 0 aliphatic carbocycles. The van der Waals surface area contributed by atoms with Crippen LogP contribution in [0.15, 0.2) is 60.0 Å². The summed E-state index contributed by atoms with van der Waals surface area (Å²) in [4.78, 5) is 13.7. The van der Waals surface area contributed by atoms with Crippen LogP contribution in [0.4, 0.5) is 5.69 Å². The third-order valence-electron chi connectivity index (χ3n) is 4.24. The van der Waals surface area contributed by atoms with E-state index in [0.717, 1.165) is 11.1 Å². The van der Waals surface area contributed by atoms with Gasteiger partial charge in [-0.15, -0.1) is 11.3 Å². The summed E-state index contributed by atoms with van der Waals surface area (Å²) in [5.74, 6) is -0.0589. The summed E-state index contributed by atoms with van der Waals surface area (Å²) in [6, 6.07) is 18.4. The second kappa shape index (κ2) is 8.49. The molecule has 0 aliphatic rings. The van der Waals surface area contributed by atoms with Gasteiger partial charge < -0.3 is 10.6 Å². The fourth-order valence-electron chi connectivity index (χ4n) is 3.03. The van der Waals surface area contributed by atoms with Gasteiger partial charge in [0.15, 0.2) is 6.54 Å². The molecule has 0 saturated carbocycles. The molecule has 0 radical (unpaired) electrons. The smallest absolute Gasteiger partial charge is 0.279 e. The van der Waals surface area contributed by atoms with Crippen LogP contribution in [0.2, 0.25) is 5.02 Å². The van der Waals surface area contributed by atoms with E-state index in [1.807, 2.05) is 50.2 Å². The van der Waals surface area contributed by atoms with Crippen LogP contribution in [0.3, 0.4) is 0 Å². The summed E-state index contributed by atoms with van der Waals surface area (Å²) < 4.78 is 0. The Labute approximate surface area is 163 Å². The second-order valence-electron chi connectivity index (χ2n) is 6.33. The molecule has 1 atom stereocenters. The molecule has 26 heavy (non-hydrogen) atoms. The van der Waals surface area contributed by atoms with E-state index in [2.05, 4.69) is 34.2 Å². The van der Waals surface area contributed by atoms with E-state index in [1.54, 1.807) is 11.3 Å². The van der Waals surface area contributed by atoms with Crippen molar-refractivity contribution in [3.8, 4) is 0 Å². The van der Waals surface area contributed by atoms with Crippen LogP contribution >= 0.6 is 22.9 Å². The molecule has 3 aromatic rings. The van der Waals surface area contributed by atoms with Gasteiger partial charge in [0.1, 0.15) is 6.04 Å². The second-order valence-corrected chi connectivity index (χ2v) is 7.72. The van der Waals surface area contributed by atoms with Crippen molar-refractivity contribution < 1.29 is 10.1 Å². The lowest BCUT2D eigenvalue weighted by molar-refractivity contribution is -0.675. The normalized spacial score (nSPS) is 12.0. The molecule has 3 rings (SSSR count). The number of thiophene rings is 1. The van der Waals surface area contributed by atoms with Crippen molar-refractivity contribution in [1.29, 1.82) is 0 Å². The molecule has 3 nitrogen and oxygen atoms in total. The van der Waals surface area contributed by atoms with Crippen molar-refractivity contribution in [2.24, 2.45) is 0 Å². The number of anilines is 1. The first-order valence-electron chi connectivity index (χ1n) is 8.53. The van der Waals surface area contributed by atoms with Crippen molar-refractivity contribution in [1.82, 2.24) is 0 Å². The highest BCUT2D eigenvalue weighted by Gasteiger charge is 2.20. The Balaban J connectivity index is 1.71. The number of halogens is 1. The first-order valence-corrected chi connectivity index (χ1v) is 9.78. The Morgan fingerprint density at radius 3 is 2.58 bits per heavy atom. The molecule has 0 fully saturated rings. The lowest BCUT2D eigenvalue weighted by Crippen LogP contribution is -2.87. The van der Waals surface area contributed by atoms with Crippen LogP contribution in [0.5, 0.6) is 0 Å². The number of benzene rings is 2. The summed E-state index contributed by atoms with van der Waals surface area (Å²) in [6.45, 7) is 4.27. The quantitative estimate of drug-likeness (QED) is 0.652. The van der Waals surface area contributed by atoms with Gasteiger partial charge in [0.2, 0.25) is 0 Å². The van der Waals surface area contributed by atoms with Gasteiger partial charge in [0.25, 0.3) is 5.91 Å². The predicted molar refractivity (Wildman–Crippen MR) is 109 cm³/mol. The van der Waals surface area contributed by atoms with E-state index in [4.69, 9.17) is 11.6 Å². The topological polar surface area (TPSA) is 45.7 Å². The Morgan fingerprint density at radius 2 is 1.92 bits per heavy atom. The van der Waals surface area contributed by atoms with Gasteiger partial charge in [0.05, 0.1) is 15.6 Å². The largest absolute Gasteiger partial charge is 0.328 e. The first kappa shape index (κ1) is 18.6. The standard InChI is InChI=1S/C21H21ClN2OS/c1-14-11-15(2)20(17(22)12-14)24-19(25)13-23-21(18-9-6-10-26-18)16-7-4-3-5-8-16/h3-12,21,23H,13H2,1-2H3,(H,24,25)/p+1/t21-/m1/s1. The Hall–Kier alpha value is -2.14. The number of hydrogen-bond donors (Lipinski definition) is 2. The lowest BCUT2D eigenvalue weighted by Gasteiger charge is -2.16. The highest BCUT2D eigenvalue weighted by atomic mass is 35.5. The SMILES string of the molecule is Cc1cc(C)c(NC(=O)C[NH2+][C@H](c2ccccc2)c2cccs2)c(Cl)c1. The maximum absolute atomic E-state index is 12.5. The van der Waals surface area contributed by atoms with Crippen LogP contribution in [0.25, 0.3) is 0 Å². The molecule has 1 amide bonds. The van der Waals surface area contributed by atoms with Gasteiger partial charge >= 0.3 is 0 Å². The number of carbonyl (C=O) groups excluding carboxylic acids is 1. The Morgan fingerprint density at radius 1 is 1.15 bits per heavy atom. The van der Waals surface area contributed by atoms with Gasteiger partial charge in [-0.1, -0.05) is 54.1 Å². The molecule has 5 heteroatoms. The van der Waals surface area contributed by atoms with Gasteiger partial charge in [-0.3, -0.25) is 4.79 Å². The number of quaternary nitrogens is 1. The molecule has 0 bridgehead atoms. The van der Waals surface area contributed by atoms with E-state index >= 15 is 0 Å². The zero-order chi connectivity index (χ0) is 18.5. The van der Waals surface area contributed by atoms with E-state index in [1.165, 1.54) is 10.4 Å². The van der Waals surface area contributed by atoms with Gasteiger partial charge in [0, 0.05) is 5.56 Å². The van der Waals surface area contributed by atoms with E-state index in [0.29, 0.717) is 17.3 Å². The fourth-order valence-corrected chi connectivity index (χ4v) is 4.25. The van der Waals surface area contributed by atoms with Gasteiger partial charge in [-0.05, 0) is 42.5 Å². The number of carbonyl (C=O) groups is 1. The zero-order valence-electron chi connectivity index (χ0n) is 14.8. The van der Waals surface area contributed by atoms with Crippen LogP contribution in [0, 0.1) is 13.8 Å². The van der Waals surface area contributed by atoms with Crippen molar-refractivity contribution in [3.63, 3.8) is 0 Å². The lowest BCUT2D eigenvalue weighted by atomic mass is 10.1. The molecular weight excluding hydrogens is 364 g/mol. The summed E-state index contributed by atoms with van der Waals surface area (Å²) in [6.07, 6.45) is 0. The summed E-state index contributed by atoms with van der Waals surface area (Å²) >= 11 is 8.00. The van der Waals surface area contributed by atoms with Gasteiger partial charge in [-0.2, -0.15) is 0 Å². The molecule has 0 saturated heterocycles. The van der Waals surface area contributed by atoms with E-state index in [9.17, 15) is 4.79 Å². The van der Waals surface area contributed by atoms with Crippen molar-refractivity contribution in [2.45, 2.75) is 19.9 Å². The molecule has 1 aromatic heterocycles. The first-order chi connectivity index (χ1) is 12.5. The molecular formula is C21H22ClN2OS+. The van der Waals surface area contributed by atoms with E-state index in [-0.39, 0.29) is 11.9 Å². The Kier molecular flexibility index (Phi) is 6.09. The van der Waals surface area contributed by atoms with Gasteiger partial charge in [-0.25, -0.2) is 0 Å². The number of aryl methyl sites for hydroxylation is 2. The number of rotatable bonds is 6. The Bertz CT molecular complexity index is 855. The van der Waals surface area contributed by atoms with Crippen LogP contribution in [-0.4, -0.2) is 12.5 Å². The fraction of sp³-hybridized carbons (Fsp3) is 0.190. The summed E-state index contributed by atoms with van der Waals surface area (Å²) in [5.41, 5.74) is 3.94. The predicted octanol–water partition coefficient (Wildman–Crippen LogP) is 4.31. The highest BCUT2D eigenvalue weighted by molar-refractivity contribution is 7.10. The third kappa shape index (κ3) is 4.52.